The maximum Gasteiger partial charge on any atom is 0.255 e. The fourth-order valence-corrected chi connectivity index (χ4v) is 3.52. The van der Waals surface area contributed by atoms with E-state index in [1.807, 2.05) is 44.2 Å². The summed E-state index contributed by atoms with van der Waals surface area (Å²) in [5.41, 5.74) is 4.04. The summed E-state index contributed by atoms with van der Waals surface area (Å²) in [4.78, 5) is 19.4. The van der Waals surface area contributed by atoms with Crippen LogP contribution in [0.2, 0.25) is 0 Å². The van der Waals surface area contributed by atoms with Gasteiger partial charge in [-0.2, -0.15) is 0 Å². The molecule has 5 heteroatoms. The van der Waals surface area contributed by atoms with E-state index < -0.39 is 0 Å². The van der Waals surface area contributed by atoms with E-state index >= 15 is 0 Å². The van der Waals surface area contributed by atoms with Crippen molar-refractivity contribution >= 4 is 17.4 Å². The number of benzene rings is 2. The number of fused-ring (bicyclic) bond motifs is 1. The van der Waals surface area contributed by atoms with E-state index in [0.717, 1.165) is 36.8 Å². The van der Waals surface area contributed by atoms with Crippen molar-refractivity contribution in [1.82, 2.24) is 4.98 Å². The van der Waals surface area contributed by atoms with E-state index in [1.165, 1.54) is 11.1 Å². The van der Waals surface area contributed by atoms with Gasteiger partial charge in [0.05, 0.1) is 6.10 Å². The van der Waals surface area contributed by atoms with Gasteiger partial charge in [0.2, 0.25) is 0 Å². The summed E-state index contributed by atoms with van der Waals surface area (Å²) in [6.45, 7) is 5.67. The molecule has 1 amide bonds. The Morgan fingerprint density at radius 2 is 1.83 bits per heavy atom. The first kappa shape index (κ1) is 19.0. The number of rotatable bonds is 5. The summed E-state index contributed by atoms with van der Waals surface area (Å²) in [5, 5.41) is 2.94. The molecule has 29 heavy (non-hydrogen) atoms. The second kappa shape index (κ2) is 8.35. The fraction of sp³-hybridized carbons (Fsp3) is 0.250. The third-order valence-corrected chi connectivity index (χ3v) is 4.95. The van der Waals surface area contributed by atoms with Crippen molar-refractivity contribution in [1.29, 1.82) is 0 Å². The summed E-state index contributed by atoms with van der Waals surface area (Å²) in [6.07, 6.45) is 2.80. The van der Waals surface area contributed by atoms with Crippen LogP contribution in [0.3, 0.4) is 0 Å². The van der Waals surface area contributed by atoms with Crippen LogP contribution in [-0.2, 0) is 13.0 Å². The molecule has 0 bridgehead atoms. The van der Waals surface area contributed by atoms with Gasteiger partial charge in [-0.25, -0.2) is 4.98 Å². The predicted octanol–water partition coefficient (Wildman–Crippen LogP) is 4.68. The lowest BCUT2D eigenvalue weighted by atomic mass is 10.00. The maximum atomic E-state index is 12.7. The number of aromatic nitrogens is 1. The second-order valence-corrected chi connectivity index (χ2v) is 7.49. The lowest BCUT2D eigenvalue weighted by Crippen LogP contribution is -2.31. The highest BCUT2D eigenvalue weighted by Crippen LogP contribution is 2.24. The van der Waals surface area contributed by atoms with Crippen LogP contribution in [0.15, 0.2) is 66.9 Å². The van der Waals surface area contributed by atoms with Gasteiger partial charge in [-0.3, -0.25) is 4.79 Å². The summed E-state index contributed by atoms with van der Waals surface area (Å²) < 4.78 is 5.64. The number of anilines is 2. The van der Waals surface area contributed by atoms with Crippen molar-refractivity contribution in [2.45, 2.75) is 32.9 Å². The summed E-state index contributed by atoms with van der Waals surface area (Å²) >= 11 is 0. The second-order valence-electron chi connectivity index (χ2n) is 7.49. The lowest BCUT2D eigenvalue weighted by Gasteiger charge is -2.29. The molecule has 2 heterocycles. The van der Waals surface area contributed by atoms with Gasteiger partial charge in [0, 0.05) is 30.5 Å². The zero-order valence-electron chi connectivity index (χ0n) is 16.8. The number of carbonyl (C=O) groups excluding carboxylic acids is 1. The monoisotopic (exact) mass is 387 g/mol. The molecule has 0 saturated heterocycles. The topological polar surface area (TPSA) is 54.5 Å². The summed E-state index contributed by atoms with van der Waals surface area (Å²) in [6, 6.07) is 19.5. The molecule has 0 aliphatic carbocycles. The first-order chi connectivity index (χ1) is 14.1. The van der Waals surface area contributed by atoms with Crippen LogP contribution in [0.4, 0.5) is 11.5 Å². The van der Waals surface area contributed by atoms with Crippen LogP contribution in [0, 0.1) is 0 Å². The quantitative estimate of drug-likeness (QED) is 0.690. The van der Waals surface area contributed by atoms with Gasteiger partial charge >= 0.3 is 0 Å². The van der Waals surface area contributed by atoms with Crippen LogP contribution in [0.1, 0.15) is 35.3 Å². The van der Waals surface area contributed by atoms with E-state index in [0.29, 0.717) is 5.56 Å². The zero-order chi connectivity index (χ0) is 20.2. The van der Waals surface area contributed by atoms with Gasteiger partial charge in [-0.15, -0.1) is 0 Å². The highest BCUT2D eigenvalue weighted by molar-refractivity contribution is 6.04. The summed E-state index contributed by atoms with van der Waals surface area (Å²) in [5.74, 6) is 1.46. The Morgan fingerprint density at radius 3 is 2.59 bits per heavy atom. The molecule has 148 valence electrons. The van der Waals surface area contributed by atoms with Crippen molar-refractivity contribution in [3.63, 3.8) is 0 Å². The number of carbonyl (C=O) groups is 1. The number of hydrogen-bond acceptors (Lipinski definition) is 4. The fourth-order valence-electron chi connectivity index (χ4n) is 3.52. The lowest BCUT2D eigenvalue weighted by molar-refractivity contribution is 0.102. The smallest absolute Gasteiger partial charge is 0.255 e. The van der Waals surface area contributed by atoms with Gasteiger partial charge in [0.15, 0.2) is 0 Å². The van der Waals surface area contributed by atoms with E-state index in [1.54, 1.807) is 12.3 Å². The van der Waals surface area contributed by atoms with Crippen LogP contribution in [0.5, 0.6) is 5.75 Å². The molecule has 0 saturated carbocycles. The van der Waals surface area contributed by atoms with Crippen molar-refractivity contribution in [3.8, 4) is 5.75 Å². The average Bonchev–Trinajstić information content (AvgIpc) is 2.74. The highest BCUT2D eigenvalue weighted by atomic mass is 16.5. The van der Waals surface area contributed by atoms with Gasteiger partial charge < -0.3 is 15.0 Å². The molecular formula is C24H25N3O2. The van der Waals surface area contributed by atoms with Crippen molar-refractivity contribution in [3.05, 3.63) is 83.6 Å². The normalized spacial score (nSPS) is 13.1. The largest absolute Gasteiger partial charge is 0.491 e. The third kappa shape index (κ3) is 4.57. The molecular weight excluding hydrogens is 362 g/mol. The van der Waals surface area contributed by atoms with Crippen molar-refractivity contribution in [2.24, 2.45) is 0 Å². The highest BCUT2D eigenvalue weighted by Gasteiger charge is 2.18. The number of ether oxygens (including phenoxy) is 1. The van der Waals surface area contributed by atoms with E-state index in [-0.39, 0.29) is 12.0 Å². The molecule has 2 aromatic carbocycles. The number of pyridine rings is 1. The van der Waals surface area contributed by atoms with Gasteiger partial charge in [-0.05, 0) is 67.8 Å². The zero-order valence-corrected chi connectivity index (χ0v) is 16.8. The van der Waals surface area contributed by atoms with E-state index in [9.17, 15) is 4.79 Å². The summed E-state index contributed by atoms with van der Waals surface area (Å²) in [7, 11) is 0. The molecule has 0 radical (unpaired) electrons. The minimum Gasteiger partial charge on any atom is -0.491 e. The standard InChI is InChI=1S/C24H25N3O2/c1-17(2)29-22-9-7-21(8-10-22)26-24(28)19-11-13-25-23(15-19)27-14-12-18-5-3-4-6-20(18)16-27/h3-11,13,15,17H,12,14,16H2,1-2H3,(H,26,28). The molecule has 0 unspecified atom stereocenters. The minimum absolute atomic E-state index is 0.118. The Morgan fingerprint density at radius 1 is 1.07 bits per heavy atom. The van der Waals surface area contributed by atoms with Gasteiger partial charge in [0.25, 0.3) is 5.91 Å². The molecule has 1 aliphatic heterocycles. The van der Waals surface area contributed by atoms with Crippen LogP contribution in [0.25, 0.3) is 0 Å². The Balaban J connectivity index is 1.45. The molecule has 0 fully saturated rings. The Labute approximate surface area is 171 Å². The Kier molecular flexibility index (Phi) is 5.47. The molecule has 0 spiro atoms. The number of nitrogens with one attached hydrogen (secondary N) is 1. The molecule has 3 aromatic rings. The van der Waals surface area contributed by atoms with Crippen molar-refractivity contribution < 1.29 is 9.53 Å². The molecule has 1 aliphatic rings. The third-order valence-electron chi connectivity index (χ3n) is 4.95. The van der Waals surface area contributed by atoms with Crippen molar-refractivity contribution in [2.75, 3.05) is 16.8 Å². The molecule has 5 nitrogen and oxygen atoms in total. The van der Waals surface area contributed by atoms with Crippen LogP contribution < -0.4 is 15.0 Å². The van der Waals surface area contributed by atoms with Gasteiger partial charge in [-0.1, -0.05) is 24.3 Å². The minimum atomic E-state index is -0.149. The maximum absolute atomic E-state index is 12.7. The van der Waals surface area contributed by atoms with Crippen LogP contribution >= 0.6 is 0 Å². The molecule has 1 aromatic heterocycles. The van der Waals surface area contributed by atoms with E-state index in [4.69, 9.17) is 4.74 Å². The molecule has 0 atom stereocenters. The first-order valence-corrected chi connectivity index (χ1v) is 9.94. The molecule has 4 rings (SSSR count). The van der Waals surface area contributed by atoms with E-state index in [2.05, 4.69) is 39.5 Å². The SMILES string of the molecule is CC(C)Oc1ccc(NC(=O)c2ccnc(N3CCc4ccccc4C3)c2)cc1. The Hall–Kier alpha value is -3.34. The number of hydrogen-bond donors (Lipinski definition) is 1. The first-order valence-electron chi connectivity index (χ1n) is 9.94. The average molecular weight is 387 g/mol. The van der Waals surface area contributed by atoms with Gasteiger partial charge in [0.1, 0.15) is 11.6 Å². The number of amides is 1. The predicted molar refractivity (Wildman–Crippen MR) is 116 cm³/mol. The molecule has 1 N–H and O–H groups in total. The Bertz CT molecular complexity index is 999. The van der Waals surface area contributed by atoms with Crippen LogP contribution in [-0.4, -0.2) is 23.5 Å². The number of nitrogens with zero attached hydrogens (tertiary/aromatic N) is 2.